The minimum atomic E-state index is -3.45. The van der Waals surface area contributed by atoms with Gasteiger partial charge in [-0.05, 0) is 31.0 Å². The molecular weight excluding hydrogens is 304 g/mol. The lowest BCUT2D eigenvalue weighted by molar-refractivity contribution is 0.582. The van der Waals surface area contributed by atoms with Gasteiger partial charge in [-0.15, -0.1) is 0 Å². The Morgan fingerprint density at radius 2 is 1.57 bits per heavy atom. The molecule has 21 heavy (non-hydrogen) atoms. The average Bonchev–Trinajstić information content (AvgIpc) is 2.49. The van der Waals surface area contributed by atoms with Crippen LogP contribution in [0.4, 0.5) is 0 Å². The van der Waals surface area contributed by atoms with Crippen LogP contribution < -0.4 is 0 Å². The molecule has 2 aromatic carbocycles. The summed E-state index contributed by atoms with van der Waals surface area (Å²) >= 11 is 5.87. The van der Waals surface area contributed by atoms with E-state index in [0.29, 0.717) is 16.3 Å². The number of hydrogen-bond donors (Lipinski definition) is 0. The van der Waals surface area contributed by atoms with Crippen LogP contribution in [0.5, 0.6) is 0 Å². The van der Waals surface area contributed by atoms with Crippen molar-refractivity contribution in [2.75, 3.05) is 0 Å². The molecule has 2 aromatic rings. The van der Waals surface area contributed by atoms with Crippen LogP contribution in [0, 0.1) is 0 Å². The third-order valence-corrected chi connectivity index (χ3v) is 5.53. The van der Waals surface area contributed by atoms with Gasteiger partial charge in [-0.3, -0.25) is 0 Å². The fourth-order valence-corrected chi connectivity index (χ4v) is 3.97. The third-order valence-electron chi connectivity index (χ3n) is 3.23. The zero-order valence-corrected chi connectivity index (χ0v) is 13.3. The second-order valence-corrected chi connectivity index (χ2v) is 7.51. The fourth-order valence-electron chi connectivity index (χ4n) is 2.15. The van der Waals surface area contributed by atoms with Crippen LogP contribution in [0.3, 0.4) is 0 Å². The highest BCUT2D eigenvalue weighted by Crippen LogP contribution is 2.32. The van der Waals surface area contributed by atoms with E-state index in [2.05, 4.69) is 0 Å². The first-order valence-electron chi connectivity index (χ1n) is 6.68. The van der Waals surface area contributed by atoms with Crippen molar-refractivity contribution in [3.63, 3.8) is 0 Å². The van der Waals surface area contributed by atoms with Gasteiger partial charge in [-0.2, -0.15) is 0 Å². The predicted octanol–water partition coefficient (Wildman–Crippen LogP) is 4.73. The maximum absolute atomic E-state index is 12.9. The number of sulfone groups is 1. The highest BCUT2D eigenvalue weighted by atomic mass is 35.5. The average molecular weight is 321 g/mol. The summed E-state index contributed by atoms with van der Waals surface area (Å²) in [5.41, 5.74) is 0.774. The molecule has 1 unspecified atom stereocenters. The van der Waals surface area contributed by atoms with E-state index in [9.17, 15) is 8.42 Å². The molecule has 2 rings (SSSR count). The second-order valence-electron chi connectivity index (χ2n) is 4.78. The molecule has 0 N–H and O–H groups in total. The zero-order valence-electron chi connectivity index (χ0n) is 11.7. The molecule has 2 nitrogen and oxygen atoms in total. The van der Waals surface area contributed by atoms with Gasteiger partial charge in [-0.25, -0.2) is 8.42 Å². The first-order valence-corrected chi connectivity index (χ1v) is 8.60. The van der Waals surface area contributed by atoms with Crippen molar-refractivity contribution in [1.82, 2.24) is 0 Å². The standard InChI is InChI=1S/C17H17ClO2S/c1-14(18)12-13-17(15-8-4-2-5-9-15)21(19,20)16-10-6-3-7-11-16/h2-12,17H,13H2,1H3. The number of halogens is 1. The van der Waals surface area contributed by atoms with Crippen LogP contribution in [-0.4, -0.2) is 8.42 Å². The van der Waals surface area contributed by atoms with Crippen molar-refractivity contribution in [1.29, 1.82) is 0 Å². The molecule has 0 aliphatic rings. The number of rotatable bonds is 5. The SMILES string of the molecule is CC(Cl)=CCC(c1ccccc1)S(=O)(=O)c1ccccc1. The quantitative estimate of drug-likeness (QED) is 0.797. The van der Waals surface area contributed by atoms with E-state index in [4.69, 9.17) is 11.6 Å². The van der Waals surface area contributed by atoms with E-state index in [-0.39, 0.29) is 0 Å². The molecule has 110 valence electrons. The summed E-state index contributed by atoms with van der Waals surface area (Å²) in [6, 6.07) is 17.8. The van der Waals surface area contributed by atoms with Crippen molar-refractivity contribution in [3.8, 4) is 0 Å². The van der Waals surface area contributed by atoms with Gasteiger partial charge in [-0.1, -0.05) is 66.2 Å². The minimum Gasteiger partial charge on any atom is -0.223 e. The monoisotopic (exact) mass is 320 g/mol. The van der Waals surface area contributed by atoms with Crippen molar-refractivity contribution >= 4 is 21.4 Å². The molecule has 0 fully saturated rings. The van der Waals surface area contributed by atoms with Crippen LogP contribution in [0.15, 0.2) is 76.7 Å². The fraction of sp³-hybridized carbons (Fsp3) is 0.176. The highest BCUT2D eigenvalue weighted by Gasteiger charge is 2.27. The second kappa shape index (κ2) is 6.92. The molecule has 0 aliphatic heterocycles. The van der Waals surface area contributed by atoms with Crippen LogP contribution in [0.25, 0.3) is 0 Å². The van der Waals surface area contributed by atoms with E-state index >= 15 is 0 Å². The van der Waals surface area contributed by atoms with Gasteiger partial charge in [0, 0.05) is 5.03 Å². The molecule has 0 aliphatic carbocycles. The molecule has 1 atom stereocenters. The van der Waals surface area contributed by atoms with Crippen LogP contribution in [0.1, 0.15) is 24.2 Å². The lowest BCUT2D eigenvalue weighted by Crippen LogP contribution is -2.13. The molecule has 0 spiro atoms. The van der Waals surface area contributed by atoms with Gasteiger partial charge in [0.25, 0.3) is 0 Å². The van der Waals surface area contributed by atoms with Crippen molar-refractivity contribution < 1.29 is 8.42 Å². The molecular formula is C17H17ClO2S. The van der Waals surface area contributed by atoms with Crippen molar-refractivity contribution in [2.24, 2.45) is 0 Å². The summed E-state index contributed by atoms with van der Waals surface area (Å²) in [6.07, 6.45) is 2.11. The lowest BCUT2D eigenvalue weighted by atomic mass is 10.1. The van der Waals surface area contributed by atoms with Gasteiger partial charge in [0.15, 0.2) is 9.84 Å². The summed E-state index contributed by atoms with van der Waals surface area (Å²) in [5, 5.41) is -0.0333. The van der Waals surface area contributed by atoms with Gasteiger partial charge < -0.3 is 0 Å². The predicted molar refractivity (Wildman–Crippen MR) is 87.0 cm³/mol. The van der Waals surface area contributed by atoms with E-state index in [0.717, 1.165) is 5.56 Å². The minimum absolute atomic E-state index is 0.333. The van der Waals surface area contributed by atoms with Crippen molar-refractivity contribution in [3.05, 3.63) is 77.3 Å². The molecule has 0 saturated heterocycles. The normalized spacial score (nSPS) is 13.9. The summed E-state index contributed by atoms with van der Waals surface area (Å²) in [5.74, 6) is 0. The summed E-state index contributed by atoms with van der Waals surface area (Å²) in [4.78, 5) is 0.333. The van der Waals surface area contributed by atoms with E-state index in [1.54, 1.807) is 43.3 Å². The molecule has 0 radical (unpaired) electrons. The Kier molecular flexibility index (Phi) is 5.21. The summed E-state index contributed by atoms with van der Waals surface area (Å²) < 4.78 is 25.7. The topological polar surface area (TPSA) is 34.1 Å². The number of hydrogen-bond acceptors (Lipinski definition) is 2. The largest absolute Gasteiger partial charge is 0.223 e. The molecule has 0 amide bonds. The first-order chi connectivity index (χ1) is 10.0. The van der Waals surface area contributed by atoms with Gasteiger partial charge in [0.1, 0.15) is 0 Å². The Morgan fingerprint density at radius 1 is 1.05 bits per heavy atom. The summed E-state index contributed by atoms with van der Waals surface area (Å²) in [6.45, 7) is 1.75. The Hall–Kier alpha value is -1.58. The molecule has 0 bridgehead atoms. The Bertz CT molecular complexity index is 703. The Morgan fingerprint density at radius 3 is 2.10 bits per heavy atom. The Balaban J connectivity index is 2.47. The molecule has 4 heteroatoms. The summed E-state index contributed by atoms with van der Waals surface area (Å²) in [7, 11) is -3.45. The number of allylic oxidation sites excluding steroid dienone is 2. The number of benzene rings is 2. The maximum Gasteiger partial charge on any atom is 0.185 e. The van der Waals surface area contributed by atoms with E-state index < -0.39 is 15.1 Å². The van der Waals surface area contributed by atoms with Crippen LogP contribution in [-0.2, 0) is 9.84 Å². The van der Waals surface area contributed by atoms with Crippen LogP contribution >= 0.6 is 11.6 Å². The maximum atomic E-state index is 12.9. The van der Waals surface area contributed by atoms with Gasteiger partial charge in [0.2, 0.25) is 0 Å². The molecule has 0 aromatic heterocycles. The van der Waals surface area contributed by atoms with E-state index in [1.807, 2.05) is 30.3 Å². The smallest absolute Gasteiger partial charge is 0.185 e. The highest BCUT2D eigenvalue weighted by molar-refractivity contribution is 7.91. The third kappa shape index (κ3) is 3.96. The lowest BCUT2D eigenvalue weighted by Gasteiger charge is -2.17. The van der Waals surface area contributed by atoms with Gasteiger partial charge >= 0.3 is 0 Å². The zero-order chi connectivity index (χ0) is 15.3. The van der Waals surface area contributed by atoms with E-state index in [1.165, 1.54) is 0 Å². The Labute approximate surface area is 131 Å². The molecule has 0 saturated carbocycles. The van der Waals surface area contributed by atoms with Crippen LogP contribution in [0.2, 0.25) is 0 Å². The van der Waals surface area contributed by atoms with Gasteiger partial charge in [0.05, 0.1) is 10.1 Å². The van der Waals surface area contributed by atoms with Crippen molar-refractivity contribution in [2.45, 2.75) is 23.5 Å². The first kappa shape index (κ1) is 15.8. The molecule has 0 heterocycles.